The molecule has 1 aliphatic heterocycles. The van der Waals surface area contributed by atoms with Crippen LogP contribution >= 0.6 is 0 Å². The number of amides is 1. The van der Waals surface area contributed by atoms with E-state index in [-0.39, 0.29) is 18.1 Å². The lowest BCUT2D eigenvalue weighted by molar-refractivity contribution is -0.116. The molecule has 0 saturated carbocycles. The van der Waals surface area contributed by atoms with E-state index in [2.05, 4.69) is 10.2 Å². The fraction of sp³-hybridized carbons (Fsp3) is 0.409. The van der Waals surface area contributed by atoms with Gasteiger partial charge in [-0.2, -0.15) is 0 Å². The molecule has 1 heterocycles. The van der Waals surface area contributed by atoms with Gasteiger partial charge in [-0.25, -0.2) is 4.39 Å². The number of ether oxygens (including phenoxy) is 2. The molecule has 1 amide bonds. The number of carbonyl (C=O) groups excluding carboxylic acids is 1. The Labute approximate surface area is 165 Å². The molecule has 150 valence electrons. The van der Waals surface area contributed by atoms with Crippen LogP contribution in [-0.4, -0.2) is 33.2 Å². The topological polar surface area (TPSA) is 50.8 Å². The molecule has 3 rings (SSSR count). The molecule has 6 heteroatoms. The molecule has 0 bridgehead atoms. The Morgan fingerprint density at radius 2 is 1.86 bits per heavy atom. The maximum Gasteiger partial charge on any atom is 0.224 e. The lowest BCUT2D eigenvalue weighted by Crippen LogP contribution is -2.30. The monoisotopic (exact) mass is 386 g/mol. The van der Waals surface area contributed by atoms with Crippen LogP contribution in [0.1, 0.15) is 31.2 Å². The summed E-state index contributed by atoms with van der Waals surface area (Å²) in [6.45, 7) is 1.85. The molecule has 2 aromatic carbocycles. The molecular formula is C22H27FN2O3. The van der Waals surface area contributed by atoms with E-state index in [0.717, 1.165) is 37.2 Å². The second-order valence-corrected chi connectivity index (χ2v) is 6.94. The van der Waals surface area contributed by atoms with E-state index >= 15 is 0 Å². The van der Waals surface area contributed by atoms with Crippen molar-refractivity contribution in [1.82, 2.24) is 0 Å². The largest absolute Gasteiger partial charge is 0.497 e. The maximum atomic E-state index is 13.8. The van der Waals surface area contributed by atoms with E-state index in [1.807, 2.05) is 18.2 Å². The van der Waals surface area contributed by atoms with Crippen molar-refractivity contribution in [3.63, 3.8) is 0 Å². The Balaban J connectivity index is 1.69. The number of aryl methyl sites for hydroxylation is 1. The van der Waals surface area contributed by atoms with Crippen LogP contribution in [0.5, 0.6) is 11.5 Å². The van der Waals surface area contributed by atoms with Crippen LogP contribution < -0.4 is 19.7 Å². The number of nitrogens with zero attached hydrogens (tertiary/aromatic N) is 1. The summed E-state index contributed by atoms with van der Waals surface area (Å²) < 4.78 is 24.4. The fourth-order valence-corrected chi connectivity index (χ4v) is 3.56. The van der Waals surface area contributed by atoms with Gasteiger partial charge in [-0.3, -0.25) is 4.79 Å². The number of hydrogen-bond acceptors (Lipinski definition) is 4. The number of halogens is 1. The molecule has 1 aliphatic rings. The molecule has 0 atom stereocenters. The quantitative estimate of drug-likeness (QED) is 0.766. The normalized spacial score (nSPS) is 13.9. The predicted octanol–water partition coefficient (Wildman–Crippen LogP) is 4.40. The van der Waals surface area contributed by atoms with Crippen LogP contribution in [0.15, 0.2) is 36.4 Å². The molecule has 1 saturated heterocycles. The first kappa shape index (κ1) is 20.0. The van der Waals surface area contributed by atoms with Gasteiger partial charge in [-0.1, -0.05) is 0 Å². The number of methoxy groups -OCH3 is 2. The summed E-state index contributed by atoms with van der Waals surface area (Å²) >= 11 is 0. The SMILES string of the molecule is COc1ccc(OC)c(CCC(=O)Nc2cc(F)ccc2N2CCCCC2)c1. The Morgan fingerprint density at radius 1 is 1.07 bits per heavy atom. The van der Waals surface area contributed by atoms with Gasteiger partial charge in [-0.15, -0.1) is 0 Å². The molecule has 0 radical (unpaired) electrons. The van der Waals surface area contributed by atoms with Gasteiger partial charge in [-0.05, 0) is 67.6 Å². The van der Waals surface area contributed by atoms with Gasteiger partial charge < -0.3 is 19.7 Å². The first-order valence-electron chi connectivity index (χ1n) is 9.66. The molecular weight excluding hydrogens is 359 g/mol. The summed E-state index contributed by atoms with van der Waals surface area (Å²) in [4.78, 5) is 14.8. The molecule has 1 fully saturated rings. The third-order valence-electron chi connectivity index (χ3n) is 5.04. The Bertz CT molecular complexity index is 819. The van der Waals surface area contributed by atoms with E-state index in [1.54, 1.807) is 20.3 Å². The highest BCUT2D eigenvalue weighted by molar-refractivity contribution is 5.94. The number of piperidine rings is 1. The van der Waals surface area contributed by atoms with Crippen LogP contribution in [0, 0.1) is 5.82 Å². The smallest absolute Gasteiger partial charge is 0.224 e. The zero-order valence-electron chi connectivity index (χ0n) is 16.5. The third kappa shape index (κ3) is 4.94. The van der Waals surface area contributed by atoms with E-state index in [1.165, 1.54) is 18.6 Å². The maximum absolute atomic E-state index is 13.8. The number of rotatable bonds is 7. The highest BCUT2D eigenvalue weighted by Crippen LogP contribution is 2.30. The minimum Gasteiger partial charge on any atom is -0.497 e. The number of carbonyl (C=O) groups is 1. The molecule has 0 unspecified atom stereocenters. The molecule has 5 nitrogen and oxygen atoms in total. The van der Waals surface area contributed by atoms with Crippen LogP contribution in [-0.2, 0) is 11.2 Å². The van der Waals surface area contributed by atoms with E-state index < -0.39 is 0 Å². The average Bonchev–Trinajstić information content (AvgIpc) is 2.72. The van der Waals surface area contributed by atoms with E-state index in [0.29, 0.717) is 23.6 Å². The second kappa shape index (κ2) is 9.44. The minimum absolute atomic E-state index is 0.159. The van der Waals surface area contributed by atoms with Gasteiger partial charge in [0.15, 0.2) is 0 Å². The third-order valence-corrected chi connectivity index (χ3v) is 5.04. The second-order valence-electron chi connectivity index (χ2n) is 6.94. The van der Waals surface area contributed by atoms with Gasteiger partial charge >= 0.3 is 0 Å². The Hall–Kier alpha value is -2.76. The van der Waals surface area contributed by atoms with Gasteiger partial charge in [0.25, 0.3) is 0 Å². The summed E-state index contributed by atoms with van der Waals surface area (Å²) in [5, 5.41) is 2.89. The predicted molar refractivity (Wildman–Crippen MR) is 109 cm³/mol. The first-order valence-corrected chi connectivity index (χ1v) is 9.66. The number of hydrogen-bond donors (Lipinski definition) is 1. The van der Waals surface area contributed by atoms with Crippen molar-refractivity contribution in [1.29, 1.82) is 0 Å². The molecule has 0 aliphatic carbocycles. The van der Waals surface area contributed by atoms with Gasteiger partial charge in [0.2, 0.25) is 5.91 Å². The van der Waals surface area contributed by atoms with Crippen molar-refractivity contribution < 1.29 is 18.7 Å². The van der Waals surface area contributed by atoms with Crippen LogP contribution in [0.2, 0.25) is 0 Å². The zero-order chi connectivity index (χ0) is 19.9. The van der Waals surface area contributed by atoms with Crippen LogP contribution in [0.4, 0.5) is 15.8 Å². The standard InChI is InChI=1S/C22H27FN2O3/c1-27-18-8-10-21(28-2)16(14-18)6-11-22(26)24-19-15-17(23)7-9-20(19)25-12-4-3-5-13-25/h7-10,14-15H,3-6,11-13H2,1-2H3,(H,24,26). The summed E-state index contributed by atoms with van der Waals surface area (Å²) in [5.41, 5.74) is 2.31. The zero-order valence-corrected chi connectivity index (χ0v) is 16.5. The Kier molecular flexibility index (Phi) is 6.74. The summed E-state index contributed by atoms with van der Waals surface area (Å²) in [7, 11) is 3.20. The number of anilines is 2. The van der Waals surface area contributed by atoms with E-state index in [4.69, 9.17) is 9.47 Å². The highest BCUT2D eigenvalue weighted by Gasteiger charge is 2.17. The van der Waals surface area contributed by atoms with E-state index in [9.17, 15) is 9.18 Å². The van der Waals surface area contributed by atoms with Crippen LogP contribution in [0.3, 0.4) is 0 Å². The highest BCUT2D eigenvalue weighted by atomic mass is 19.1. The molecule has 2 aromatic rings. The van der Waals surface area contributed by atoms with Crippen molar-refractivity contribution >= 4 is 17.3 Å². The Morgan fingerprint density at radius 3 is 2.57 bits per heavy atom. The van der Waals surface area contributed by atoms with Crippen molar-refractivity contribution in [3.8, 4) is 11.5 Å². The minimum atomic E-state index is -0.356. The lowest BCUT2D eigenvalue weighted by atomic mass is 10.1. The summed E-state index contributed by atoms with van der Waals surface area (Å²) in [6.07, 6.45) is 4.20. The van der Waals surface area contributed by atoms with Crippen molar-refractivity contribution in [3.05, 3.63) is 47.8 Å². The van der Waals surface area contributed by atoms with Crippen molar-refractivity contribution in [2.45, 2.75) is 32.1 Å². The van der Waals surface area contributed by atoms with Crippen molar-refractivity contribution in [2.24, 2.45) is 0 Å². The van der Waals surface area contributed by atoms with Gasteiger partial charge in [0, 0.05) is 19.5 Å². The average molecular weight is 386 g/mol. The fourth-order valence-electron chi connectivity index (χ4n) is 3.56. The van der Waals surface area contributed by atoms with Gasteiger partial charge in [0.1, 0.15) is 17.3 Å². The number of nitrogens with one attached hydrogen (secondary N) is 1. The summed E-state index contributed by atoms with van der Waals surface area (Å²) in [5.74, 6) is 0.918. The molecule has 0 spiro atoms. The molecule has 0 aromatic heterocycles. The van der Waals surface area contributed by atoms with Crippen LogP contribution in [0.25, 0.3) is 0 Å². The van der Waals surface area contributed by atoms with Gasteiger partial charge in [0.05, 0.1) is 25.6 Å². The molecule has 1 N–H and O–H groups in total. The number of benzene rings is 2. The first-order chi connectivity index (χ1) is 13.6. The lowest BCUT2D eigenvalue weighted by Gasteiger charge is -2.30. The summed E-state index contributed by atoms with van der Waals surface area (Å²) in [6, 6.07) is 10.1. The molecule has 28 heavy (non-hydrogen) atoms. The van der Waals surface area contributed by atoms with Crippen molar-refractivity contribution in [2.75, 3.05) is 37.5 Å².